The molecule has 1 fully saturated rings. The molecule has 168 valence electrons. The van der Waals surface area contributed by atoms with Crippen LogP contribution in [0.25, 0.3) is 5.65 Å². The van der Waals surface area contributed by atoms with Crippen LogP contribution in [0.3, 0.4) is 0 Å². The molecule has 1 aliphatic heterocycles. The summed E-state index contributed by atoms with van der Waals surface area (Å²) < 4.78 is 34.4. The van der Waals surface area contributed by atoms with E-state index in [-0.39, 0.29) is 24.8 Å². The van der Waals surface area contributed by atoms with Crippen LogP contribution >= 0.6 is 0 Å². The molecule has 0 radical (unpaired) electrons. The number of hydrogen-bond acceptors (Lipinski definition) is 6. The van der Waals surface area contributed by atoms with E-state index >= 15 is 0 Å². The quantitative estimate of drug-likeness (QED) is 0.567. The Morgan fingerprint density at radius 1 is 1.28 bits per heavy atom. The number of nitrogens with one attached hydrogen (secondary N) is 2. The number of carbonyl (C=O) groups excluding carboxylic acids is 2. The lowest BCUT2D eigenvalue weighted by Crippen LogP contribution is -2.34. The van der Waals surface area contributed by atoms with E-state index in [1.54, 1.807) is 19.2 Å². The summed E-state index contributed by atoms with van der Waals surface area (Å²) in [5, 5.41) is 9.17. The van der Waals surface area contributed by atoms with Crippen LogP contribution in [0.5, 0.6) is 0 Å². The number of urea groups is 1. The molecule has 2 amide bonds. The second-order valence-corrected chi connectivity index (χ2v) is 7.24. The zero-order valence-corrected chi connectivity index (χ0v) is 17.3. The Hall–Kier alpha value is -3.76. The third-order valence-electron chi connectivity index (χ3n) is 5.17. The monoisotopic (exact) mass is 444 g/mol. The average Bonchev–Trinajstić information content (AvgIpc) is 3.41. The maximum atomic E-state index is 14.4. The van der Waals surface area contributed by atoms with Crippen LogP contribution in [-0.2, 0) is 9.53 Å². The van der Waals surface area contributed by atoms with Crippen molar-refractivity contribution in [2.45, 2.75) is 25.8 Å². The summed E-state index contributed by atoms with van der Waals surface area (Å²) >= 11 is 0. The average molecular weight is 444 g/mol. The third-order valence-corrected chi connectivity index (χ3v) is 5.17. The predicted molar refractivity (Wildman–Crippen MR) is 112 cm³/mol. The van der Waals surface area contributed by atoms with Crippen molar-refractivity contribution >= 4 is 29.2 Å². The predicted octanol–water partition coefficient (Wildman–Crippen LogP) is 3.03. The molecule has 1 aliphatic rings. The summed E-state index contributed by atoms with van der Waals surface area (Å²) in [6.07, 6.45) is 4.57. The molecule has 9 nitrogen and oxygen atoms in total. The van der Waals surface area contributed by atoms with Gasteiger partial charge in [-0.15, -0.1) is 0 Å². The minimum Gasteiger partial charge on any atom is -0.465 e. The Kier molecular flexibility index (Phi) is 6.15. The zero-order chi connectivity index (χ0) is 22.7. The van der Waals surface area contributed by atoms with E-state index in [1.165, 1.54) is 16.8 Å². The van der Waals surface area contributed by atoms with Crippen LogP contribution in [0.4, 0.5) is 25.1 Å². The minimum absolute atomic E-state index is 0.222. The Morgan fingerprint density at radius 2 is 2.12 bits per heavy atom. The SMILES string of the molecule is CCOC(=O)CNC(=O)Nc1cnn2ccc(N3CCCC3c3cc(F)ccc3F)nc12. The number of benzene rings is 1. The van der Waals surface area contributed by atoms with E-state index in [4.69, 9.17) is 4.74 Å². The van der Waals surface area contributed by atoms with Gasteiger partial charge in [0, 0.05) is 18.3 Å². The second kappa shape index (κ2) is 9.16. The highest BCUT2D eigenvalue weighted by Crippen LogP contribution is 2.37. The number of hydrogen-bond donors (Lipinski definition) is 2. The number of esters is 1. The van der Waals surface area contributed by atoms with Gasteiger partial charge in [-0.05, 0) is 44.0 Å². The van der Waals surface area contributed by atoms with Crippen molar-refractivity contribution in [3.05, 3.63) is 53.9 Å². The molecule has 1 atom stereocenters. The van der Waals surface area contributed by atoms with Gasteiger partial charge in [0.15, 0.2) is 5.65 Å². The largest absolute Gasteiger partial charge is 0.465 e. The first kappa shape index (κ1) is 21.5. The molecule has 1 aromatic carbocycles. The highest BCUT2D eigenvalue weighted by Gasteiger charge is 2.30. The zero-order valence-electron chi connectivity index (χ0n) is 17.3. The topological polar surface area (TPSA) is 101 Å². The van der Waals surface area contributed by atoms with Crippen molar-refractivity contribution in [1.29, 1.82) is 0 Å². The molecule has 2 N–H and O–H groups in total. The van der Waals surface area contributed by atoms with Gasteiger partial charge in [-0.25, -0.2) is 23.1 Å². The van der Waals surface area contributed by atoms with Gasteiger partial charge in [-0.2, -0.15) is 5.10 Å². The second-order valence-electron chi connectivity index (χ2n) is 7.24. The molecule has 11 heteroatoms. The van der Waals surface area contributed by atoms with Crippen molar-refractivity contribution in [3.8, 4) is 0 Å². The standard InChI is InChI=1S/C21H22F2N6O3/c1-2-32-19(30)12-24-21(31)26-16-11-25-29-9-7-18(27-20(16)29)28-8-3-4-17(28)14-10-13(22)5-6-15(14)23/h5-7,9-11,17H,2-4,8,12H2,1H3,(H2,24,26,31). The van der Waals surface area contributed by atoms with Crippen molar-refractivity contribution in [2.75, 3.05) is 29.9 Å². The van der Waals surface area contributed by atoms with Gasteiger partial charge in [0.25, 0.3) is 0 Å². The Bertz CT molecular complexity index is 1150. The molecule has 1 unspecified atom stereocenters. The van der Waals surface area contributed by atoms with Crippen molar-refractivity contribution in [2.24, 2.45) is 0 Å². The molecule has 3 aromatic rings. The maximum Gasteiger partial charge on any atom is 0.325 e. The molecule has 0 aliphatic carbocycles. The number of anilines is 2. The number of halogens is 2. The summed E-state index contributed by atoms with van der Waals surface area (Å²) in [6, 6.07) is 4.22. The van der Waals surface area contributed by atoms with E-state index in [0.717, 1.165) is 18.6 Å². The molecule has 0 saturated carbocycles. The number of carbonyl (C=O) groups is 2. The molecular weight excluding hydrogens is 422 g/mol. The Morgan fingerprint density at radius 3 is 2.94 bits per heavy atom. The van der Waals surface area contributed by atoms with E-state index < -0.39 is 23.6 Å². The number of ether oxygens (including phenoxy) is 1. The fraction of sp³-hybridized carbons (Fsp3) is 0.333. The van der Waals surface area contributed by atoms with E-state index in [2.05, 4.69) is 20.7 Å². The molecular formula is C21H22F2N6O3. The van der Waals surface area contributed by atoms with Gasteiger partial charge in [-0.3, -0.25) is 4.79 Å². The van der Waals surface area contributed by atoms with Gasteiger partial charge in [0.1, 0.15) is 29.7 Å². The summed E-state index contributed by atoms with van der Waals surface area (Å²) in [4.78, 5) is 30.0. The van der Waals surface area contributed by atoms with Crippen LogP contribution in [-0.4, -0.2) is 46.3 Å². The van der Waals surface area contributed by atoms with Crippen LogP contribution in [0.1, 0.15) is 31.4 Å². The van der Waals surface area contributed by atoms with Gasteiger partial charge in [0.05, 0.1) is 18.8 Å². The first-order valence-electron chi connectivity index (χ1n) is 10.2. The van der Waals surface area contributed by atoms with E-state index in [9.17, 15) is 18.4 Å². The first-order valence-corrected chi connectivity index (χ1v) is 10.2. The Labute approximate surface area is 182 Å². The van der Waals surface area contributed by atoms with Crippen molar-refractivity contribution < 1.29 is 23.1 Å². The molecule has 2 aromatic heterocycles. The van der Waals surface area contributed by atoms with Gasteiger partial charge in [0.2, 0.25) is 0 Å². The molecule has 1 saturated heterocycles. The summed E-state index contributed by atoms with van der Waals surface area (Å²) in [5.74, 6) is -0.950. The van der Waals surface area contributed by atoms with Gasteiger partial charge in [-0.1, -0.05) is 0 Å². The molecule has 0 bridgehead atoms. The lowest BCUT2D eigenvalue weighted by Gasteiger charge is -2.26. The lowest BCUT2D eigenvalue weighted by molar-refractivity contribution is -0.141. The van der Waals surface area contributed by atoms with Gasteiger partial charge < -0.3 is 20.3 Å². The fourth-order valence-electron chi connectivity index (χ4n) is 3.77. The summed E-state index contributed by atoms with van der Waals surface area (Å²) in [7, 11) is 0. The van der Waals surface area contributed by atoms with Crippen LogP contribution in [0, 0.1) is 11.6 Å². The smallest absolute Gasteiger partial charge is 0.325 e. The van der Waals surface area contributed by atoms with Crippen molar-refractivity contribution in [1.82, 2.24) is 19.9 Å². The summed E-state index contributed by atoms with van der Waals surface area (Å²) in [5.41, 5.74) is 0.995. The number of aromatic nitrogens is 3. The van der Waals surface area contributed by atoms with Crippen LogP contribution < -0.4 is 15.5 Å². The number of fused-ring (bicyclic) bond motifs is 1. The normalized spacial score (nSPS) is 15.7. The molecule has 3 heterocycles. The van der Waals surface area contributed by atoms with E-state index in [1.807, 2.05) is 4.90 Å². The maximum absolute atomic E-state index is 14.4. The van der Waals surface area contributed by atoms with Gasteiger partial charge >= 0.3 is 12.0 Å². The van der Waals surface area contributed by atoms with Crippen LogP contribution in [0.2, 0.25) is 0 Å². The summed E-state index contributed by atoms with van der Waals surface area (Å²) in [6.45, 7) is 2.25. The highest BCUT2D eigenvalue weighted by molar-refractivity contribution is 5.94. The minimum atomic E-state index is -0.610. The Balaban J connectivity index is 1.55. The lowest BCUT2D eigenvalue weighted by atomic mass is 10.0. The van der Waals surface area contributed by atoms with Crippen molar-refractivity contribution in [3.63, 3.8) is 0 Å². The molecule has 32 heavy (non-hydrogen) atoms. The number of amides is 2. The third kappa shape index (κ3) is 4.46. The fourth-order valence-corrected chi connectivity index (χ4v) is 3.77. The van der Waals surface area contributed by atoms with Crippen LogP contribution in [0.15, 0.2) is 36.7 Å². The highest BCUT2D eigenvalue weighted by atomic mass is 19.1. The first-order chi connectivity index (χ1) is 15.5. The molecule has 4 rings (SSSR count). The molecule has 0 spiro atoms. The number of rotatable bonds is 6. The number of nitrogens with zero attached hydrogens (tertiary/aromatic N) is 4. The van der Waals surface area contributed by atoms with E-state index in [0.29, 0.717) is 30.1 Å².